The Morgan fingerprint density at radius 1 is 1.29 bits per heavy atom. The van der Waals surface area contributed by atoms with E-state index < -0.39 is 5.83 Å². The van der Waals surface area contributed by atoms with Crippen LogP contribution in [0.25, 0.3) is 0 Å². The molecule has 4 nitrogen and oxygen atoms in total. The highest BCUT2D eigenvalue weighted by molar-refractivity contribution is 6.04. The highest BCUT2D eigenvalue weighted by Gasteiger charge is 2.21. The van der Waals surface area contributed by atoms with Crippen molar-refractivity contribution < 1.29 is 23.5 Å². The number of carbonyl (C=O) groups is 2. The van der Waals surface area contributed by atoms with Crippen molar-refractivity contribution in [1.82, 2.24) is 0 Å². The predicted molar refractivity (Wildman–Crippen MR) is 87.8 cm³/mol. The molecule has 2 rings (SSSR count). The third-order valence-electron chi connectivity index (χ3n) is 3.36. The molecule has 0 unspecified atom stereocenters. The molecule has 0 aromatic heterocycles. The second-order valence-corrected chi connectivity index (χ2v) is 5.17. The summed E-state index contributed by atoms with van der Waals surface area (Å²) < 4.78 is 23.9. The van der Waals surface area contributed by atoms with Crippen LogP contribution < -0.4 is 9.47 Å². The van der Waals surface area contributed by atoms with Gasteiger partial charge < -0.3 is 9.47 Å². The minimum atomic E-state index is -0.529. The largest absolute Gasteiger partial charge is 0.486 e. The zero-order valence-electron chi connectivity index (χ0n) is 13.3. The third-order valence-corrected chi connectivity index (χ3v) is 3.36. The van der Waals surface area contributed by atoms with E-state index in [-0.39, 0.29) is 30.0 Å². The summed E-state index contributed by atoms with van der Waals surface area (Å²) in [5, 5.41) is 0. The van der Waals surface area contributed by atoms with Crippen LogP contribution in [0.15, 0.2) is 41.8 Å². The predicted octanol–water partition coefficient (Wildman–Crippen LogP) is 3.42. The molecule has 0 amide bonds. The molecule has 0 N–H and O–H groups in total. The van der Waals surface area contributed by atoms with Gasteiger partial charge in [0.25, 0.3) is 0 Å². The van der Waals surface area contributed by atoms with Crippen LogP contribution in [0, 0.1) is 12.3 Å². The van der Waals surface area contributed by atoms with Gasteiger partial charge in [-0.3, -0.25) is 9.59 Å². The Balaban J connectivity index is 2.09. The fourth-order valence-electron chi connectivity index (χ4n) is 2.31. The van der Waals surface area contributed by atoms with E-state index >= 15 is 0 Å². The molecule has 1 aliphatic rings. The van der Waals surface area contributed by atoms with Crippen LogP contribution in [0.1, 0.15) is 30.1 Å². The number of ketones is 2. The molecule has 0 bridgehead atoms. The number of allylic oxidation sites excluding steroid dienone is 4. The SMILES string of the molecule is C#C/C=C(\C=C(/C)F)C(=O)CCC(=O)c1cccc2c1OCCO2. The van der Waals surface area contributed by atoms with E-state index in [9.17, 15) is 14.0 Å². The van der Waals surface area contributed by atoms with Crippen LogP contribution >= 0.6 is 0 Å². The van der Waals surface area contributed by atoms with Crippen LogP contribution in [-0.4, -0.2) is 24.8 Å². The van der Waals surface area contributed by atoms with E-state index in [0.717, 1.165) is 6.08 Å². The maximum absolute atomic E-state index is 13.0. The molecule has 5 heteroatoms. The van der Waals surface area contributed by atoms with Crippen LogP contribution in [-0.2, 0) is 4.79 Å². The Morgan fingerprint density at radius 2 is 2.04 bits per heavy atom. The molecule has 0 spiro atoms. The van der Waals surface area contributed by atoms with Crippen molar-refractivity contribution in [2.24, 2.45) is 0 Å². The van der Waals surface area contributed by atoms with Crippen molar-refractivity contribution in [2.45, 2.75) is 19.8 Å². The van der Waals surface area contributed by atoms with E-state index in [1.807, 2.05) is 0 Å². The van der Waals surface area contributed by atoms with Gasteiger partial charge in [-0.25, -0.2) is 4.39 Å². The second kappa shape index (κ2) is 8.11. The highest BCUT2D eigenvalue weighted by Crippen LogP contribution is 2.34. The smallest absolute Gasteiger partial charge is 0.172 e. The zero-order chi connectivity index (χ0) is 17.5. The van der Waals surface area contributed by atoms with Gasteiger partial charge in [0.1, 0.15) is 13.2 Å². The van der Waals surface area contributed by atoms with Crippen molar-refractivity contribution in [2.75, 3.05) is 13.2 Å². The maximum Gasteiger partial charge on any atom is 0.172 e. The number of fused-ring (bicyclic) bond motifs is 1. The highest BCUT2D eigenvalue weighted by atomic mass is 19.1. The number of halogens is 1. The van der Waals surface area contributed by atoms with Crippen molar-refractivity contribution in [3.05, 3.63) is 47.3 Å². The van der Waals surface area contributed by atoms with Crippen molar-refractivity contribution in [3.8, 4) is 23.8 Å². The number of para-hydroxylation sites is 1. The minimum Gasteiger partial charge on any atom is -0.486 e. The second-order valence-electron chi connectivity index (χ2n) is 5.17. The molecule has 0 saturated carbocycles. The number of rotatable bonds is 6. The van der Waals surface area contributed by atoms with Gasteiger partial charge >= 0.3 is 0 Å². The van der Waals surface area contributed by atoms with Gasteiger partial charge in [-0.05, 0) is 31.2 Å². The number of carbonyl (C=O) groups excluding carboxylic acids is 2. The number of Topliss-reactive ketones (excluding diaryl/α,β-unsaturated/α-hetero) is 2. The number of benzene rings is 1. The molecule has 0 saturated heterocycles. The Bertz CT molecular complexity index is 749. The lowest BCUT2D eigenvalue weighted by atomic mass is 10.00. The summed E-state index contributed by atoms with van der Waals surface area (Å²) in [4.78, 5) is 24.5. The van der Waals surface area contributed by atoms with E-state index in [1.165, 1.54) is 13.0 Å². The summed E-state index contributed by atoms with van der Waals surface area (Å²) in [6.45, 7) is 2.01. The number of terminal acetylenes is 1. The molecule has 0 radical (unpaired) electrons. The van der Waals surface area contributed by atoms with Gasteiger partial charge in [-0.2, -0.15) is 0 Å². The first-order valence-electron chi connectivity index (χ1n) is 7.48. The monoisotopic (exact) mass is 328 g/mol. The average Bonchev–Trinajstić information content (AvgIpc) is 2.58. The van der Waals surface area contributed by atoms with Crippen LogP contribution in [0.2, 0.25) is 0 Å². The van der Waals surface area contributed by atoms with Crippen LogP contribution in [0.5, 0.6) is 11.5 Å². The lowest BCUT2D eigenvalue weighted by molar-refractivity contribution is -0.115. The van der Waals surface area contributed by atoms with E-state index in [0.29, 0.717) is 30.3 Å². The summed E-state index contributed by atoms with van der Waals surface area (Å²) in [5.41, 5.74) is 0.444. The molecule has 1 heterocycles. The summed E-state index contributed by atoms with van der Waals surface area (Å²) in [7, 11) is 0. The van der Waals surface area contributed by atoms with Crippen LogP contribution in [0.3, 0.4) is 0 Å². The van der Waals surface area contributed by atoms with Gasteiger partial charge in [-0.15, -0.1) is 6.42 Å². The third kappa shape index (κ3) is 4.32. The first-order chi connectivity index (χ1) is 11.5. The first kappa shape index (κ1) is 17.5. The van der Waals surface area contributed by atoms with Gasteiger partial charge in [-0.1, -0.05) is 12.0 Å². The molecule has 24 heavy (non-hydrogen) atoms. The van der Waals surface area contributed by atoms with Gasteiger partial charge in [0.15, 0.2) is 23.1 Å². The molecular weight excluding hydrogens is 311 g/mol. The Morgan fingerprint density at radius 3 is 2.75 bits per heavy atom. The van der Waals surface area contributed by atoms with Gasteiger partial charge in [0, 0.05) is 18.4 Å². The lowest BCUT2D eigenvalue weighted by Gasteiger charge is -2.20. The van der Waals surface area contributed by atoms with E-state index in [4.69, 9.17) is 15.9 Å². The van der Waals surface area contributed by atoms with E-state index in [2.05, 4.69) is 5.92 Å². The van der Waals surface area contributed by atoms with Crippen LogP contribution in [0.4, 0.5) is 4.39 Å². The summed E-state index contributed by atoms with van der Waals surface area (Å²) in [6.07, 6.45) is 7.30. The fraction of sp³-hybridized carbons (Fsp3) is 0.263. The molecule has 0 aliphatic carbocycles. The summed E-state index contributed by atoms with van der Waals surface area (Å²) in [5.74, 6) is 1.96. The van der Waals surface area contributed by atoms with Gasteiger partial charge in [0.05, 0.1) is 11.4 Å². The normalized spacial score (nSPS) is 14.0. The molecule has 1 aromatic carbocycles. The Kier molecular flexibility index (Phi) is 5.91. The molecular formula is C19H17FO4. The summed E-state index contributed by atoms with van der Waals surface area (Å²) >= 11 is 0. The summed E-state index contributed by atoms with van der Waals surface area (Å²) in [6, 6.07) is 5.05. The maximum atomic E-state index is 13.0. The molecule has 0 atom stereocenters. The number of hydrogen-bond acceptors (Lipinski definition) is 4. The average molecular weight is 328 g/mol. The first-order valence-corrected chi connectivity index (χ1v) is 7.48. The standard InChI is InChI=1S/C19H17FO4/c1-3-5-14(12-13(2)20)16(21)8-9-17(22)15-6-4-7-18-19(15)24-11-10-23-18/h1,4-7,12H,8-11H2,2H3/b13-12+,14-5+. The number of hydrogen-bond donors (Lipinski definition) is 0. The Labute approximate surface area is 140 Å². The zero-order valence-corrected chi connectivity index (χ0v) is 13.3. The van der Waals surface area contributed by atoms with Crippen molar-refractivity contribution >= 4 is 11.6 Å². The molecule has 1 aliphatic heterocycles. The van der Waals surface area contributed by atoms with Crippen molar-refractivity contribution in [3.63, 3.8) is 0 Å². The minimum absolute atomic E-state index is 0.0280. The number of ether oxygens (including phenoxy) is 2. The van der Waals surface area contributed by atoms with Gasteiger partial charge in [0.2, 0.25) is 0 Å². The van der Waals surface area contributed by atoms with E-state index in [1.54, 1.807) is 18.2 Å². The molecule has 124 valence electrons. The lowest BCUT2D eigenvalue weighted by Crippen LogP contribution is -2.18. The Hall–Kier alpha value is -2.87. The quantitative estimate of drug-likeness (QED) is 0.347. The molecule has 0 fully saturated rings. The van der Waals surface area contributed by atoms with Crippen molar-refractivity contribution in [1.29, 1.82) is 0 Å². The molecule has 1 aromatic rings. The topological polar surface area (TPSA) is 52.6 Å². The fourth-order valence-corrected chi connectivity index (χ4v) is 2.31.